The van der Waals surface area contributed by atoms with Gasteiger partial charge in [0.2, 0.25) is 0 Å². The van der Waals surface area contributed by atoms with Gasteiger partial charge in [-0.3, -0.25) is 0 Å². The molecule has 1 N–H and O–H groups in total. The summed E-state index contributed by atoms with van der Waals surface area (Å²) < 4.78 is 0. The normalized spacial score (nSPS) is 12.2. The summed E-state index contributed by atoms with van der Waals surface area (Å²) in [4.78, 5) is 0. The lowest BCUT2D eigenvalue weighted by molar-refractivity contribution is 0.911. The van der Waals surface area contributed by atoms with Gasteiger partial charge in [-0.25, -0.2) is 0 Å². The van der Waals surface area contributed by atoms with Crippen LogP contribution in [0.25, 0.3) is 43.1 Å². The Kier molecular flexibility index (Phi) is 2.61. The van der Waals surface area contributed by atoms with Crippen LogP contribution in [0.3, 0.4) is 0 Å². The summed E-state index contributed by atoms with van der Waals surface area (Å²) in [7, 11) is 0. The molecule has 0 aliphatic rings. The van der Waals surface area contributed by atoms with Crippen molar-refractivity contribution in [2.45, 2.75) is 0 Å². The minimum absolute atomic E-state index is 0.743. The van der Waals surface area contributed by atoms with Crippen molar-refractivity contribution in [3.8, 4) is 0 Å². The van der Waals surface area contributed by atoms with Gasteiger partial charge in [0, 0.05) is 5.39 Å². The summed E-state index contributed by atoms with van der Waals surface area (Å²) in [6.07, 6.45) is 0. The number of benzene rings is 5. The van der Waals surface area contributed by atoms with Crippen molar-refractivity contribution < 1.29 is 0 Å². The first kappa shape index (κ1) is 13.1. The second kappa shape index (κ2) is 4.80. The second-order valence-corrected chi connectivity index (χ2v) is 5.86. The monoisotopic (exact) mass is 308 g/mol. The predicted molar refractivity (Wildman–Crippen MR) is 97.3 cm³/mol. The van der Waals surface area contributed by atoms with Crippen molar-refractivity contribution in [3.63, 3.8) is 0 Å². The van der Waals surface area contributed by atoms with Crippen molar-refractivity contribution >= 4 is 48.8 Å². The van der Waals surface area contributed by atoms with E-state index in [2.05, 4.69) is 76.2 Å². The van der Waals surface area contributed by atoms with Gasteiger partial charge in [-0.15, -0.1) is 5.11 Å². The van der Waals surface area contributed by atoms with Crippen molar-refractivity contribution in [3.05, 3.63) is 66.7 Å². The Labute approximate surface area is 137 Å². The lowest BCUT2D eigenvalue weighted by atomic mass is 9.89. The first-order valence-corrected chi connectivity index (χ1v) is 7.74. The third kappa shape index (κ3) is 1.62. The molecule has 112 valence electrons. The van der Waals surface area contributed by atoms with E-state index in [9.17, 15) is 0 Å². The van der Waals surface area contributed by atoms with Crippen LogP contribution in [0, 0.1) is 5.53 Å². The number of fused-ring (bicyclic) bond motifs is 2. The first-order chi connectivity index (χ1) is 11.9. The quantitative estimate of drug-likeness (QED) is 0.162. The maximum atomic E-state index is 6.90. The number of hydrogen-bond donors (Lipinski definition) is 1. The summed E-state index contributed by atoms with van der Waals surface area (Å²) in [5.74, 6) is 0. The van der Waals surface area contributed by atoms with Crippen molar-refractivity contribution in [1.29, 1.82) is 5.53 Å². The van der Waals surface area contributed by atoms with E-state index in [1.807, 2.05) is 6.07 Å². The number of rotatable bonds is 2. The van der Waals surface area contributed by atoms with Gasteiger partial charge in [0.25, 0.3) is 0 Å². The van der Waals surface area contributed by atoms with Crippen LogP contribution in [-0.4, -0.2) is 0 Å². The number of nitrogens with one attached hydrogen (secondary N) is 1. The Morgan fingerprint density at radius 3 is 1.92 bits per heavy atom. The van der Waals surface area contributed by atoms with Gasteiger partial charge in [-0.2, -0.15) is 5.53 Å². The Bertz CT molecular complexity index is 1270. The average Bonchev–Trinajstić information content (AvgIpc) is 2.64. The van der Waals surface area contributed by atoms with Gasteiger partial charge < -0.3 is 0 Å². The molecule has 5 aromatic carbocycles. The molecule has 4 heteroatoms. The molecule has 0 aromatic heterocycles. The highest BCUT2D eigenvalue weighted by molar-refractivity contribution is 6.34. The Morgan fingerprint density at radius 2 is 1.21 bits per heavy atom. The van der Waals surface area contributed by atoms with E-state index in [1.54, 1.807) is 0 Å². The van der Waals surface area contributed by atoms with E-state index in [1.165, 1.54) is 32.3 Å². The van der Waals surface area contributed by atoms with Crippen LogP contribution in [0.5, 0.6) is 0 Å². The fraction of sp³-hybridized carbons (Fsp3) is 0. The molecule has 5 rings (SSSR count). The topological polar surface area (TPSA) is 60.9 Å². The molecule has 0 aliphatic carbocycles. The summed E-state index contributed by atoms with van der Waals surface area (Å²) in [5.41, 5.74) is 7.64. The highest BCUT2D eigenvalue weighted by atomic mass is 15.4. The van der Waals surface area contributed by atoms with Crippen molar-refractivity contribution in [1.82, 2.24) is 0 Å². The summed E-state index contributed by atoms with van der Waals surface area (Å²) in [5, 5.41) is 20.2. The Hall–Kier alpha value is -3.40. The molecule has 0 radical (unpaired) electrons. The van der Waals surface area contributed by atoms with E-state index in [-0.39, 0.29) is 0 Å². The van der Waals surface area contributed by atoms with Gasteiger partial charge in [0.05, 0.1) is 5.69 Å². The molecule has 0 heterocycles. The van der Waals surface area contributed by atoms with Crippen LogP contribution in [-0.2, 0) is 0 Å². The maximum Gasteiger partial charge on any atom is 0.0960 e. The standard InChI is InChI=1S/C20H12N4/c21-23-24-22-17-11-10-13-6-2-8-15-14-7-1-4-12-5-3-9-16(18(12)14)20(17)19(13)15/h1-11,21H. The van der Waals surface area contributed by atoms with Gasteiger partial charge >= 0.3 is 0 Å². The fourth-order valence-corrected chi connectivity index (χ4v) is 3.79. The zero-order valence-electron chi connectivity index (χ0n) is 12.7. The smallest absolute Gasteiger partial charge is 0.0960 e. The van der Waals surface area contributed by atoms with E-state index >= 15 is 0 Å². The highest BCUT2D eigenvalue weighted by Crippen LogP contribution is 2.43. The van der Waals surface area contributed by atoms with Crippen molar-refractivity contribution in [2.75, 3.05) is 0 Å². The van der Waals surface area contributed by atoms with Gasteiger partial charge in [-0.1, -0.05) is 60.7 Å². The predicted octanol–water partition coefficient (Wildman–Crippen LogP) is 6.77. The molecular formula is C20H12N4. The molecule has 0 fully saturated rings. The van der Waals surface area contributed by atoms with Gasteiger partial charge in [0.1, 0.15) is 0 Å². The molecule has 0 aliphatic heterocycles. The van der Waals surface area contributed by atoms with Gasteiger partial charge in [0.15, 0.2) is 0 Å². The molecule has 0 saturated heterocycles. The molecule has 0 atom stereocenters. The fourth-order valence-electron chi connectivity index (χ4n) is 3.79. The molecular weight excluding hydrogens is 296 g/mol. The molecule has 5 aromatic rings. The largest absolute Gasteiger partial charge is 0.183 e. The Balaban J connectivity index is 2.18. The zero-order chi connectivity index (χ0) is 16.1. The molecule has 0 spiro atoms. The van der Waals surface area contributed by atoms with E-state index in [0.29, 0.717) is 0 Å². The van der Waals surface area contributed by atoms with Crippen LogP contribution in [0.15, 0.2) is 82.3 Å². The van der Waals surface area contributed by atoms with Crippen LogP contribution < -0.4 is 0 Å². The molecule has 0 unspecified atom stereocenters. The SMILES string of the molecule is N=NN=Nc1ccc2cccc3c4cccc5cccc(c1c23)c54. The Morgan fingerprint density at radius 1 is 0.583 bits per heavy atom. The molecule has 0 amide bonds. The van der Waals surface area contributed by atoms with E-state index in [4.69, 9.17) is 5.53 Å². The highest BCUT2D eigenvalue weighted by Gasteiger charge is 2.14. The third-order valence-electron chi connectivity index (χ3n) is 4.68. The van der Waals surface area contributed by atoms with Gasteiger partial charge in [-0.05, 0) is 54.2 Å². The number of nitrogens with zero attached hydrogens (tertiary/aromatic N) is 3. The molecule has 0 bridgehead atoms. The summed E-state index contributed by atoms with van der Waals surface area (Å²) in [6, 6.07) is 23.1. The third-order valence-corrected chi connectivity index (χ3v) is 4.68. The molecule has 4 nitrogen and oxygen atoms in total. The van der Waals surface area contributed by atoms with Crippen LogP contribution in [0.2, 0.25) is 0 Å². The first-order valence-electron chi connectivity index (χ1n) is 7.74. The number of hydrogen-bond acceptors (Lipinski definition) is 2. The van der Waals surface area contributed by atoms with Crippen molar-refractivity contribution in [2.24, 2.45) is 15.6 Å². The minimum atomic E-state index is 0.743. The lowest BCUT2D eigenvalue weighted by Gasteiger charge is -2.15. The van der Waals surface area contributed by atoms with E-state index < -0.39 is 0 Å². The summed E-state index contributed by atoms with van der Waals surface area (Å²) >= 11 is 0. The average molecular weight is 308 g/mol. The van der Waals surface area contributed by atoms with E-state index in [0.717, 1.165) is 16.5 Å². The molecule has 24 heavy (non-hydrogen) atoms. The minimum Gasteiger partial charge on any atom is -0.183 e. The van der Waals surface area contributed by atoms with Crippen LogP contribution in [0.1, 0.15) is 0 Å². The zero-order valence-corrected chi connectivity index (χ0v) is 12.7. The van der Waals surface area contributed by atoms with Crippen LogP contribution >= 0.6 is 0 Å². The molecule has 0 saturated carbocycles. The maximum absolute atomic E-state index is 6.90. The summed E-state index contributed by atoms with van der Waals surface area (Å²) in [6.45, 7) is 0. The lowest BCUT2D eigenvalue weighted by Crippen LogP contribution is -1.86. The van der Waals surface area contributed by atoms with Crippen LogP contribution in [0.4, 0.5) is 5.69 Å². The second-order valence-electron chi connectivity index (χ2n) is 5.86.